The number of carbonyl (C=O) groups excluding carboxylic acids is 2. The zero-order valence-corrected chi connectivity index (χ0v) is 13.5. The van der Waals surface area contributed by atoms with Crippen molar-refractivity contribution < 1.29 is 19.4 Å². The van der Waals surface area contributed by atoms with E-state index in [9.17, 15) is 14.7 Å². The maximum absolute atomic E-state index is 12.9. The van der Waals surface area contributed by atoms with Gasteiger partial charge in [-0.3, -0.25) is 4.79 Å². The Bertz CT molecular complexity index is 583. The molecule has 0 bridgehead atoms. The molecule has 120 valence electrons. The van der Waals surface area contributed by atoms with Crippen molar-refractivity contribution in [3.8, 4) is 0 Å². The number of aliphatic hydroxyl groups excluding tert-OH is 1. The third kappa shape index (κ3) is 2.77. The molecule has 3 rings (SSSR count). The van der Waals surface area contributed by atoms with Gasteiger partial charge in [0.15, 0.2) is 0 Å². The van der Waals surface area contributed by atoms with Gasteiger partial charge in [0.05, 0.1) is 18.1 Å². The van der Waals surface area contributed by atoms with Gasteiger partial charge < -0.3 is 14.7 Å². The highest BCUT2D eigenvalue weighted by molar-refractivity contribution is 7.12. The molecule has 0 spiro atoms. The van der Waals surface area contributed by atoms with E-state index in [4.69, 9.17) is 4.74 Å². The minimum atomic E-state index is -0.678. The zero-order chi connectivity index (χ0) is 15.7. The van der Waals surface area contributed by atoms with Crippen molar-refractivity contribution in [1.29, 1.82) is 0 Å². The van der Waals surface area contributed by atoms with E-state index in [-0.39, 0.29) is 12.3 Å². The topological polar surface area (TPSA) is 66.8 Å². The van der Waals surface area contributed by atoms with Crippen molar-refractivity contribution in [2.75, 3.05) is 13.7 Å². The van der Waals surface area contributed by atoms with Crippen LogP contribution in [0.2, 0.25) is 0 Å². The van der Waals surface area contributed by atoms with E-state index >= 15 is 0 Å². The van der Waals surface area contributed by atoms with Gasteiger partial charge in [-0.2, -0.15) is 0 Å². The number of thiophene rings is 1. The monoisotopic (exact) mass is 323 g/mol. The number of carbonyl (C=O) groups is 2. The molecule has 1 fully saturated rings. The van der Waals surface area contributed by atoms with Gasteiger partial charge >= 0.3 is 5.97 Å². The second-order valence-electron chi connectivity index (χ2n) is 5.99. The molecule has 1 amide bonds. The summed E-state index contributed by atoms with van der Waals surface area (Å²) < 4.78 is 4.81. The van der Waals surface area contributed by atoms with Gasteiger partial charge in [0.1, 0.15) is 6.04 Å². The van der Waals surface area contributed by atoms with E-state index in [1.54, 1.807) is 4.90 Å². The van der Waals surface area contributed by atoms with Crippen LogP contribution in [-0.4, -0.2) is 47.7 Å². The minimum absolute atomic E-state index is 0.0875. The first-order valence-corrected chi connectivity index (χ1v) is 8.66. The molecule has 2 atom stereocenters. The van der Waals surface area contributed by atoms with Crippen molar-refractivity contribution in [1.82, 2.24) is 4.90 Å². The van der Waals surface area contributed by atoms with Crippen LogP contribution in [0.25, 0.3) is 0 Å². The number of aliphatic hydroxyl groups is 1. The molecule has 1 aliphatic carbocycles. The molecule has 2 heterocycles. The molecule has 1 N–H and O–H groups in total. The van der Waals surface area contributed by atoms with Crippen molar-refractivity contribution in [2.24, 2.45) is 0 Å². The van der Waals surface area contributed by atoms with E-state index in [2.05, 4.69) is 5.38 Å². The van der Waals surface area contributed by atoms with E-state index in [0.717, 1.165) is 29.7 Å². The van der Waals surface area contributed by atoms with Crippen LogP contribution in [-0.2, 0) is 22.4 Å². The Morgan fingerprint density at radius 2 is 2.14 bits per heavy atom. The number of piperidine rings is 1. The van der Waals surface area contributed by atoms with E-state index in [1.165, 1.54) is 30.4 Å². The molecular weight excluding hydrogens is 302 g/mol. The van der Waals surface area contributed by atoms with Gasteiger partial charge in [-0.1, -0.05) is 0 Å². The lowest BCUT2D eigenvalue weighted by Gasteiger charge is -2.36. The highest BCUT2D eigenvalue weighted by Gasteiger charge is 2.38. The van der Waals surface area contributed by atoms with Crippen molar-refractivity contribution in [3.63, 3.8) is 0 Å². The van der Waals surface area contributed by atoms with Gasteiger partial charge in [0.2, 0.25) is 0 Å². The van der Waals surface area contributed by atoms with Crippen molar-refractivity contribution >= 4 is 23.2 Å². The summed E-state index contributed by atoms with van der Waals surface area (Å²) >= 11 is 1.48. The second kappa shape index (κ2) is 6.38. The molecule has 1 saturated heterocycles. The van der Waals surface area contributed by atoms with Gasteiger partial charge in [-0.25, -0.2) is 4.79 Å². The molecule has 0 saturated carbocycles. The number of aryl methyl sites for hydroxylation is 1. The lowest BCUT2D eigenvalue weighted by Crippen LogP contribution is -2.51. The standard InChI is InChI=1S/C16H21NO4S/c1-21-16(20)13-8-11(18)6-7-17(13)15(19)14-12-5-3-2-4-10(12)9-22-14/h9,11,13,18H,2-8H2,1H3/t11-,13+/m0/s1. The number of amides is 1. The highest BCUT2D eigenvalue weighted by atomic mass is 32.1. The molecule has 0 radical (unpaired) electrons. The average Bonchev–Trinajstić information content (AvgIpc) is 2.97. The van der Waals surface area contributed by atoms with Gasteiger partial charge in [0.25, 0.3) is 5.91 Å². The first-order valence-electron chi connectivity index (χ1n) is 7.78. The Kier molecular flexibility index (Phi) is 4.49. The molecule has 1 aromatic heterocycles. The molecule has 6 heteroatoms. The fourth-order valence-corrected chi connectivity index (χ4v) is 4.49. The third-order valence-electron chi connectivity index (χ3n) is 4.61. The number of rotatable bonds is 2. The molecule has 0 aromatic carbocycles. The summed E-state index contributed by atoms with van der Waals surface area (Å²) in [5.41, 5.74) is 2.45. The Labute approximate surface area is 133 Å². The Morgan fingerprint density at radius 3 is 2.91 bits per heavy atom. The maximum Gasteiger partial charge on any atom is 0.328 e. The molecule has 2 aliphatic rings. The lowest BCUT2D eigenvalue weighted by molar-refractivity contribution is -0.148. The fraction of sp³-hybridized carbons (Fsp3) is 0.625. The SMILES string of the molecule is COC(=O)[C@H]1C[C@@H](O)CCN1C(=O)c1scc2c1CCCC2. The Morgan fingerprint density at radius 1 is 1.36 bits per heavy atom. The van der Waals surface area contributed by atoms with Gasteiger partial charge in [-0.05, 0) is 48.6 Å². The van der Waals surface area contributed by atoms with Crippen LogP contribution in [0.4, 0.5) is 0 Å². The quantitative estimate of drug-likeness (QED) is 0.842. The van der Waals surface area contributed by atoms with Crippen LogP contribution in [0.15, 0.2) is 5.38 Å². The minimum Gasteiger partial charge on any atom is -0.467 e. The Balaban J connectivity index is 1.86. The number of hydrogen-bond acceptors (Lipinski definition) is 5. The molecule has 0 unspecified atom stereocenters. The predicted octanol–water partition coefficient (Wildman–Crippen LogP) is 1.77. The smallest absolute Gasteiger partial charge is 0.328 e. The number of likely N-dealkylation sites (tertiary alicyclic amines) is 1. The molecular formula is C16H21NO4S. The summed E-state index contributed by atoms with van der Waals surface area (Å²) in [5.74, 6) is -0.534. The van der Waals surface area contributed by atoms with Crippen LogP contribution in [0.1, 0.15) is 46.5 Å². The average molecular weight is 323 g/mol. The normalized spacial score (nSPS) is 24.7. The molecule has 22 heavy (non-hydrogen) atoms. The van der Waals surface area contributed by atoms with Crippen LogP contribution in [0.3, 0.4) is 0 Å². The van der Waals surface area contributed by atoms with Crippen molar-refractivity contribution in [2.45, 2.75) is 50.7 Å². The van der Waals surface area contributed by atoms with E-state index < -0.39 is 18.1 Å². The number of ether oxygens (including phenoxy) is 1. The van der Waals surface area contributed by atoms with Gasteiger partial charge in [0, 0.05) is 13.0 Å². The number of methoxy groups -OCH3 is 1. The predicted molar refractivity (Wildman–Crippen MR) is 83.0 cm³/mol. The number of nitrogens with zero attached hydrogens (tertiary/aromatic N) is 1. The van der Waals surface area contributed by atoms with Crippen LogP contribution < -0.4 is 0 Å². The number of fused-ring (bicyclic) bond motifs is 1. The summed E-state index contributed by atoms with van der Waals surface area (Å²) in [4.78, 5) is 27.2. The summed E-state index contributed by atoms with van der Waals surface area (Å²) in [6.45, 7) is 0.395. The highest BCUT2D eigenvalue weighted by Crippen LogP contribution is 2.32. The van der Waals surface area contributed by atoms with Crippen LogP contribution >= 0.6 is 11.3 Å². The molecule has 5 nitrogen and oxygen atoms in total. The van der Waals surface area contributed by atoms with Gasteiger partial charge in [-0.15, -0.1) is 11.3 Å². The summed E-state index contributed by atoms with van der Waals surface area (Å²) in [6, 6.07) is -0.678. The second-order valence-corrected chi connectivity index (χ2v) is 6.87. The summed E-state index contributed by atoms with van der Waals surface area (Å²) in [6.07, 6.45) is 4.49. The molecule has 1 aliphatic heterocycles. The molecule has 1 aromatic rings. The van der Waals surface area contributed by atoms with Crippen molar-refractivity contribution in [3.05, 3.63) is 21.4 Å². The zero-order valence-electron chi connectivity index (χ0n) is 12.7. The number of hydrogen-bond donors (Lipinski definition) is 1. The third-order valence-corrected chi connectivity index (χ3v) is 5.67. The fourth-order valence-electron chi connectivity index (χ4n) is 3.38. The first-order chi connectivity index (χ1) is 10.6. The largest absolute Gasteiger partial charge is 0.467 e. The first kappa shape index (κ1) is 15.5. The Hall–Kier alpha value is -1.40. The lowest BCUT2D eigenvalue weighted by atomic mass is 9.93. The summed E-state index contributed by atoms with van der Waals surface area (Å²) in [7, 11) is 1.32. The number of esters is 1. The van der Waals surface area contributed by atoms with Crippen LogP contribution in [0, 0.1) is 0 Å². The maximum atomic E-state index is 12.9. The van der Waals surface area contributed by atoms with E-state index in [1.807, 2.05) is 0 Å². The summed E-state index contributed by atoms with van der Waals surface area (Å²) in [5, 5.41) is 11.9. The van der Waals surface area contributed by atoms with Crippen LogP contribution in [0.5, 0.6) is 0 Å². The van der Waals surface area contributed by atoms with E-state index in [0.29, 0.717) is 13.0 Å².